The molecule has 0 spiro atoms. The quantitative estimate of drug-likeness (QED) is 0.446. The summed E-state index contributed by atoms with van der Waals surface area (Å²) in [5, 5.41) is 2.36. The van der Waals surface area contributed by atoms with Gasteiger partial charge in [-0.25, -0.2) is 0 Å². The highest BCUT2D eigenvalue weighted by atomic mass is 32.2. The number of carbonyl (C=O) groups is 1. The van der Waals surface area contributed by atoms with Crippen molar-refractivity contribution in [1.82, 2.24) is 0 Å². The third-order valence-corrected chi connectivity index (χ3v) is 7.66. The summed E-state index contributed by atoms with van der Waals surface area (Å²) in [5.41, 5.74) is 0.638. The van der Waals surface area contributed by atoms with Gasteiger partial charge < -0.3 is 4.42 Å². The lowest BCUT2D eigenvalue weighted by molar-refractivity contribution is -0.107. The summed E-state index contributed by atoms with van der Waals surface area (Å²) in [5.74, 6) is 4.02. The van der Waals surface area contributed by atoms with Gasteiger partial charge in [-0.15, -0.1) is 23.5 Å². The Morgan fingerprint density at radius 3 is 3.00 bits per heavy atom. The van der Waals surface area contributed by atoms with Crippen LogP contribution in [0.15, 0.2) is 45.3 Å². The molecule has 0 radical (unpaired) electrons. The van der Waals surface area contributed by atoms with Crippen LogP contribution in [0.4, 0.5) is 0 Å². The fourth-order valence-corrected chi connectivity index (χ4v) is 6.08. The van der Waals surface area contributed by atoms with Gasteiger partial charge in [-0.3, -0.25) is 4.79 Å². The minimum absolute atomic E-state index is 0.113. The van der Waals surface area contributed by atoms with E-state index in [0.717, 1.165) is 29.4 Å². The fraction of sp³-hybridized carbons (Fsp3) is 0.400. The van der Waals surface area contributed by atoms with Crippen molar-refractivity contribution >= 4 is 52.2 Å². The van der Waals surface area contributed by atoms with E-state index in [-0.39, 0.29) is 5.12 Å². The maximum Gasteiger partial charge on any atom is 0.214 e. The number of rotatable bonds is 8. The molecule has 1 unspecified atom stereocenters. The molecule has 21 heavy (non-hydrogen) atoms. The lowest BCUT2D eigenvalue weighted by Gasteiger charge is -2.06. The van der Waals surface area contributed by atoms with Crippen LogP contribution in [0.25, 0.3) is 0 Å². The standard InChI is InChI=1S/C15H18O2S4/c1-11(2)14(16)19-9-8-18-7-5-12-10-20-15(21-12)13-4-3-6-17-13/h3-4,6,10,15H,1,5,7-9H2,2H3. The predicted octanol–water partition coefficient (Wildman–Crippen LogP) is 5.56. The van der Waals surface area contributed by atoms with Crippen LogP contribution >= 0.6 is 47.0 Å². The highest BCUT2D eigenvalue weighted by molar-refractivity contribution is 8.22. The van der Waals surface area contributed by atoms with Crippen molar-refractivity contribution in [1.29, 1.82) is 0 Å². The number of hydrogen-bond donors (Lipinski definition) is 0. The first-order chi connectivity index (χ1) is 10.2. The Bertz CT molecular complexity index is 508. The van der Waals surface area contributed by atoms with E-state index in [1.54, 1.807) is 13.2 Å². The van der Waals surface area contributed by atoms with Gasteiger partial charge in [-0.2, -0.15) is 11.8 Å². The van der Waals surface area contributed by atoms with Gasteiger partial charge in [0.25, 0.3) is 0 Å². The van der Waals surface area contributed by atoms with Crippen LogP contribution in [0.1, 0.15) is 23.7 Å². The molecule has 0 N–H and O–H groups in total. The zero-order chi connectivity index (χ0) is 15.1. The molecule has 1 aromatic heterocycles. The topological polar surface area (TPSA) is 30.2 Å². The summed E-state index contributed by atoms with van der Waals surface area (Å²) in [6.07, 6.45) is 2.83. The van der Waals surface area contributed by atoms with Crippen molar-refractivity contribution in [3.8, 4) is 0 Å². The molecule has 0 amide bonds. The Morgan fingerprint density at radius 2 is 2.29 bits per heavy atom. The fourth-order valence-electron chi connectivity index (χ4n) is 1.59. The largest absolute Gasteiger partial charge is 0.467 e. The van der Waals surface area contributed by atoms with Gasteiger partial charge in [-0.1, -0.05) is 18.3 Å². The number of furan rings is 1. The molecule has 1 aliphatic heterocycles. The monoisotopic (exact) mass is 358 g/mol. The van der Waals surface area contributed by atoms with E-state index in [0.29, 0.717) is 10.2 Å². The van der Waals surface area contributed by atoms with Gasteiger partial charge in [0.15, 0.2) is 0 Å². The molecule has 2 rings (SSSR count). The second-order valence-corrected chi connectivity index (χ2v) is 9.27. The lowest BCUT2D eigenvalue weighted by Crippen LogP contribution is -1.96. The summed E-state index contributed by atoms with van der Waals surface area (Å²) in [6.45, 7) is 5.42. The van der Waals surface area contributed by atoms with Gasteiger partial charge in [-0.05, 0) is 47.1 Å². The third kappa shape index (κ3) is 5.85. The Kier molecular flexibility index (Phi) is 7.43. The van der Waals surface area contributed by atoms with E-state index < -0.39 is 0 Å². The van der Waals surface area contributed by atoms with E-state index >= 15 is 0 Å². The zero-order valence-electron chi connectivity index (χ0n) is 11.9. The van der Waals surface area contributed by atoms with E-state index in [1.807, 2.05) is 47.4 Å². The molecule has 0 saturated carbocycles. The molecule has 1 atom stereocenters. The maximum atomic E-state index is 11.4. The van der Waals surface area contributed by atoms with Crippen LogP contribution in [-0.4, -0.2) is 22.4 Å². The van der Waals surface area contributed by atoms with Gasteiger partial charge >= 0.3 is 0 Å². The predicted molar refractivity (Wildman–Crippen MR) is 98.9 cm³/mol. The summed E-state index contributed by atoms with van der Waals surface area (Å²) in [6, 6.07) is 3.97. The maximum absolute atomic E-state index is 11.4. The molecule has 0 bridgehead atoms. The van der Waals surface area contributed by atoms with Crippen LogP contribution in [0, 0.1) is 0 Å². The van der Waals surface area contributed by atoms with Crippen LogP contribution in [0.3, 0.4) is 0 Å². The van der Waals surface area contributed by atoms with Gasteiger partial charge in [0.05, 0.1) is 6.26 Å². The Hall–Kier alpha value is -0.170. The second-order valence-electron chi connectivity index (χ2n) is 4.46. The molecule has 1 aromatic rings. The molecule has 0 fully saturated rings. The molecule has 0 aliphatic carbocycles. The van der Waals surface area contributed by atoms with E-state index in [4.69, 9.17) is 4.42 Å². The van der Waals surface area contributed by atoms with E-state index in [1.165, 1.54) is 16.7 Å². The highest BCUT2D eigenvalue weighted by Gasteiger charge is 2.22. The molecule has 2 heterocycles. The van der Waals surface area contributed by atoms with Gasteiger partial charge in [0.2, 0.25) is 5.12 Å². The van der Waals surface area contributed by atoms with Crippen molar-refractivity contribution in [3.05, 3.63) is 46.6 Å². The van der Waals surface area contributed by atoms with Crippen LogP contribution in [0.2, 0.25) is 0 Å². The summed E-state index contributed by atoms with van der Waals surface area (Å²) < 4.78 is 5.82. The van der Waals surface area contributed by atoms with Gasteiger partial charge in [0.1, 0.15) is 10.3 Å². The number of carbonyl (C=O) groups excluding carboxylic acids is 1. The van der Waals surface area contributed by atoms with Crippen LogP contribution in [0.5, 0.6) is 0 Å². The highest BCUT2D eigenvalue weighted by Crippen LogP contribution is 2.51. The first kappa shape index (κ1) is 17.2. The molecule has 6 heteroatoms. The summed E-state index contributed by atoms with van der Waals surface area (Å²) in [4.78, 5) is 12.8. The molecule has 0 aromatic carbocycles. The Labute approximate surface area is 143 Å². The van der Waals surface area contributed by atoms with Crippen molar-refractivity contribution in [2.75, 3.05) is 17.3 Å². The normalized spacial score (nSPS) is 17.8. The molecular weight excluding hydrogens is 340 g/mol. The van der Waals surface area contributed by atoms with E-state index in [2.05, 4.69) is 12.0 Å². The number of hydrogen-bond acceptors (Lipinski definition) is 6. The average Bonchev–Trinajstić information content (AvgIpc) is 3.12. The molecular formula is C15H18O2S4. The lowest BCUT2D eigenvalue weighted by atomic mass is 10.4. The number of allylic oxidation sites excluding steroid dienone is 1. The third-order valence-electron chi connectivity index (χ3n) is 2.66. The first-order valence-corrected chi connectivity index (χ1v) is 10.6. The smallest absolute Gasteiger partial charge is 0.214 e. The number of thioether (sulfide) groups is 4. The Morgan fingerprint density at radius 1 is 1.43 bits per heavy atom. The summed E-state index contributed by atoms with van der Waals surface area (Å²) in [7, 11) is 0. The van der Waals surface area contributed by atoms with Crippen molar-refractivity contribution in [2.45, 2.75) is 17.9 Å². The van der Waals surface area contributed by atoms with Crippen molar-refractivity contribution < 1.29 is 9.21 Å². The Balaban J connectivity index is 1.54. The SMILES string of the molecule is C=C(C)C(=O)SCCSCCC1=CSC(c2ccco2)S1. The van der Waals surface area contributed by atoms with E-state index in [9.17, 15) is 4.79 Å². The first-order valence-electron chi connectivity index (χ1n) is 6.62. The zero-order valence-corrected chi connectivity index (χ0v) is 15.1. The molecule has 1 aliphatic rings. The summed E-state index contributed by atoms with van der Waals surface area (Å²) >= 11 is 6.98. The minimum atomic E-state index is 0.113. The van der Waals surface area contributed by atoms with Gasteiger partial charge in [0, 0.05) is 11.5 Å². The molecule has 2 nitrogen and oxygen atoms in total. The van der Waals surface area contributed by atoms with Crippen LogP contribution in [-0.2, 0) is 4.79 Å². The van der Waals surface area contributed by atoms with Crippen molar-refractivity contribution in [3.63, 3.8) is 0 Å². The average molecular weight is 359 g/mol. The minimum Gasteiger partial charge on any atom is -0.467 e. The van der Waals surface area contributed by atoms with Crippen molar-refractivity contribution in [2.24, 2.45) is 0 Å². The molecule has 0 saturated heterocycles. The van der Waals surface area contributed by atoms with Crippen LogP contribution < -0.4 is 0 Å². The second kappa shape index (κ2) is 9.08. The molecule has 114 valence electrons.